The molecule has 4 unspecified atom stereocenters. The molecule has 2 N–H and O–H groups in total. The van der Waals surface area contributed by atoms with E-state index in [1.54, 1.807) is 0 Å². The predicted octanol–water partition coefficient (Wildman–Crippen LogP) is 3.28. The van der Waals surface area contributed by atoms with E-state index in [9.17, 15) is 9.59 Å². The molecule has 136 valence electrons. The molecule has 0 aliphatic carbocycles. The van der Waals surface area contributed by atoms with Crippen LogP contribution in [0, 0.1) is 5.92 Å². The highest BCUT2D eigenvalue weighted by atomic mass is 16.1. The second-order valence-corrected chi connectivity index (χ2v) is 7.13. The molecule has 27 heavy (non-hydrogen) atoms. The number of allylic oxidation sites excluding steroid dienone is 3. The Morgan fingerprint density at radius 2 is 1.59 bits per heavy atom. The summed E-state index contributed by atoms with van der Waals surface area (Å²) in [6.07, 6.45) is 5.94. The number of nitrogens with zero attached hydrogens (tertiary/aromatic N) is 1. The second-order valence-electron chi connectivity index (χ2n) is 7.13. The molecule has 1 saturated heterocycles. The third kappa shape index (κ3) is 2.87. The van der Waals surface area contributed by atoms with Crippen LogP contribution in [0.25, 0.3) is 0 Å². The summed E-state index contributed by atoms with van der Waals surface area (Å²) in [6, 6.07) is 18.3. The van der Waals surface area contributed by atoms with Crippen LogP contribution < -0.4 is 5.73 Å². The number of carbonyl (C=O) groups is 2. The predicted molar refractivity (Wildman–Crippen MR) is 105 cm³/mol. The van der Waals surface area contributed by atoms with E-state index in [1.807, 2.05) is 90.7 Å². The summed E-state index contributed by atoms with van der Waals surface area (Å²) in [6.45, 7) is 1.96. The van der Waals surface area contributed by atoms with Gasteiger partial charge in [0.25, 0.3) is 0 Å². The van der Waals surface area contributed by atoms with Crippen molar-refractivity contribution < 1.29 is 9.59 Å². The van der Waals surface area contributed by atoms with E-state index in [1.165, 1.54) is 0 Å². The minimum absolute atomic E-state index is 0.0440. The normalized spacial score (nSPS) is 26.4. The standard InChI is InChI=1S/C23H22N2O2/c1-15-9-8-14-18-20(22(26)17-12-6-3-7-13-17)19(16-10-4-2-5-11-16)21(23(24)27)25(15)18/h2-14,18-21H,1H3,(H2,24,27). The van der Waals surface area contributed by atoms with Gasteiger partial charge in [-0.15, -0.1) is 0 Å². The summed E-state index contributed by atoms with van der Waals surface area (Å²) in [4.78, 5) is 28.1. The van der Waals surface area contributed by atoms with E-state index in [0.717, 1.165) is 11.3 Å². The molecule has 1 amide bonds. The van der Waals surface area contributed by atoms with E-state index in [4.69, 9.17) is 5.73 Å². The van der Waals surface area contributed by atoms with Gasteiger partial charge in [-0.2, -0.15) is 0 Å². The van der Waals surface area contributed by atoms with Crippen molar-refractivity contribution in [2.24, 2.45) is 11.7 Å². The van der Waals surface area contributed by atoms with Crippen LogP contribution in [-0.4, -0.2) is 28.7 Å². The molecule has 2 aromatic rings. The zero-order chi connectivity index (χ0) is 19.0. The minimum Gasteiger partial charge on any atom is -0.368 e. The number of hydrogen-bond donors (Lipinski definition) is 1. The van der Waals surface area contributed by atoms with Gasteiger partial charge in [0.05, 0.1) is 12.0 Å². The number of primary amides is 1. The van der Waals surface area contributed by atoms with Crippen LogP contribution in [0.3, 0.4) is 0 Å². The maximum absolute atomic E-state index is 13.5. The van der Waals surface area contributed by atoms with Crippen LogP contribution in [0.2, 0.25) is 0 Å². The van der Waals surface area contributed by atoms with Gasteiger partial charge in [-0.3, -0.25) is 9.59 Å². The van der Waals surface area contributed by atoms with E-state index in [2.05, 4.69) is 0 Å². The molecule has 0 bridgehead atoms. The van der Waals surface area contributed by atoms with Crippen molar-refractivity contribution in [2.75, 3.05) is 0 Å². The first-order valence-electron chi connectivity index (χ1n) is 9.16. The number of Topliss-reactive ketones (excluding diaryl/α,β-unsaturated/α-hetero) is 1. The van der Waals surface area contributed by atoms with Gasteiger partial charge in [0.2, 0.25) is 5.91 Å². The number of benzene rings is 2. The molecule has 4 atom stereocenters. The quantitative estimate of drug-likeness (QED) is 0.853. The number of nitrogens with two attached hydrogens (primary N) is 1. The summed E-state index contributed by atoms with van der Waals surface area (Å²) < 4.78 is 0. The molecule has 0 saturated carbocycles. The average Bonchev–Trinajstić information content (AvgIpc) is 3.05. The third-order valence-electron chi connectivity index (χ3n) is 5.61. The zero-order valence-corrected chi connectivity index (χ0v) is 15.2. The maximum Gasteiger partial charge on any atom is 0.240 e. The molecule has 0 spiro atoms. The Labute approximate surface area is 159 Å². The fraction of sp³-hybridized carbons (Fsp3) is 0.217. The lowest BCUT2D eigenvalue weighted by Gasteiger charge is -2.33. The highest BCUT2D eigenvalue weighted by Crippen LogP contribution is 2.47. The van der Waals surface area contributed by atoms with Crippen molar-refractivity contribution in [1.82, 2.24) is 4.90 Å². The van der Waals surface area contributed by atoms with Crippen molar-refractivity contribution in [3.05, 3.63) is 95.7 Å². The van der Waals surface area contributed by atoms with Crippen molar-refractivity contribution >= 4 is 11.7 Å². The number of hydrogen-bond acceptors (Lipinski definition) is 3. The van der Waals surface area contributed by atoms with Crippen molar-refractivity contribution in [2.45, 2.75) is 24.9 Å². The van der Waals surface area contributed by atoms with Crippen molar-refractivity contribution in [3.8, 4) is 0 Å². The van der Waals surface area contributed by atoms with E-state index in [-0.39, 0.29) is 23.7 Å². The van der Waals surface area contributed by atoms with Crippen LogP contribution in [0.4, 0.5) is 0 Å². The molecule has 0 radical (unpaired) electrons. The van der Waals surface area contributed by atoms with E-state index >= 15 is 0 Å². The molecule has 4 heteroatoms. The lowest BCUT2D eigenvalue weighted by molar-refractivity contribution is -0.122. The summed E-state index contributed by atoms with van der Waals surface area (Å²) in [5, 5.41) is 0. The Bertz CT molecular complexity index is 918. The third-order valence-corrected chi connectivity index (χ3v) is 5.61. The average molecular weight is 358 g/mol. The van der Waals surface area contributed by atoms with Crippen LogP contribution >= 0.6 is 0 Å². The number of fused-ring (bicyclic) bond motifs is 1. The van der Waals surface area contributed by atoms with Gasteiger partial charge in [0, 0.05) is 17.2 Å². The van der Waals surface area contributed by atoms with Gasteiger partial charge in [0.1, 0.15) is 6.04 Å². The van der Waals surface area contributed by atoms with Crippen LogP contribution in [-0.2, 0) is 4.79 Å². The van der Waals surface area contributed by atoms with E-state index in [0.29, 0.717) is 5.56 Å². The zero-order valence-electron chi connectivity index (χ0n) is 15.2. The Morgan fingerprint density at radius 3 is 2.22 bits per heavy atom. The van der Waals surface area contributed by atoms with Gasteiger partial charge in [-0.25, -0.2) is 0 Å². The van der Waals surface area contributed by atoms with Crippen LogP contribution in [0.15, 0.2) is 84.6 Å². The highest BCUT2D eigenvalue weighted by Gasteiger charge is 2.54. The van der Waals surface area contributed by atoms with Crippen LogP contribution in [0.5, 0.6) is 0 Å². The number of amides is 1. The van der Waals surface area contributed by atoms with Crippen molar-refractivity contribution in [3.63, 3.8) is 0 Å². The largest absolute Gasteiger partial charge is 0.368 e. The van der Waals surface area contributed by atoms with E-state index < -0.39 is 11.9 Å². The lowest BCUT2D eigenvalue weighted by Crippen LogP contribution is -2.44. The van der Waals surface area contributed by atoms with Gasteiger partial charge >= 0.3 is 0 Å². The molecular weight excluding hydrogens is 336 g/mol. The Kier molecular flexibility index (Phi) is 4.40. The lowest BCUT2D eigenvalue weighted by atomic mass is 9.77. The fourth-order valence-electron chi connectivity index (χ4n) is 4.49. The fourth-order valence-corrected chi connectivity index (χ4v) is 4.49. The first-order valence-corrected chi connectivity index (χ1v) is 9.16. The topological polar surface area (TPSA) is 63.4 Å². The van der Waals surface area contributed by atoms with Gasteiger partial charge in [0.15, 0.2) is 5.78 Å². The number of carbonyl (C=O) groups excluding carboxylic acids is 2. The smallest absolute Gasteiger partial charge is 0.240 e. The summed E-state index contributed by atoms with van der Waals surface area (Å²) in [7, 11) is 0. The minimum atomic E-state index is -0.559. The molecule has 4 rings (SSSR count). The van der Waals surface area contributed by atoms with Crippen molar-refractivity contribution in [1.29, 1.82) is 0 Å². The highest BCUT2D eigenvalue weighted by molar-refractivity contribution is 6.00. The summed E-state index contributed by atoms with van der Waals surface area (Å²) in [5.41, 5.74) is 8.43. The molecule has 2 heterocycles. The first-order chi connectivity index (χ1) is 13.1. The molecule has 2 aliphatic heterocycles. The molecule has 4 nitrogen and oxygen atoms in total. The summed E-state index contributed by atoms with van der Waals surface area (Å²) >= 11 is 0. The second kappa shape index (κ2) is 6.88. The molecule has 2 aromatic carbocycles. The molecule has 2 aliphatic rings. The number of rotatable bonds is 4. The maximum atomic E-state index is 13.5. The molecular formula is C23H22N2O2. The van der Waals surface area contributed by atoms with Gasteiger partial charge in [-0.05, 0) is 18.6 Å². The first kappa shape index (κ1) is 17.3. The van der Waals surface area contributed by atoms with Crippen LogP contribution in [0.1, 0.15) is 28.8 Å². The Morgan fingerprint density at radius 1 is 0.963 bits per heavy atom. The SMILES string of the molecule is CC1=CC=CC2C(C(=O)c3ccccc3)C(c3ccccc3)C(C(N)=O)N12. The summed E-state index contributed by atoms with van der Waals surface area (Å²) in [5.74, 6) is -1.04. The van der Waals surface area contributed by atoms with Gasteiger partial charge < -0.3 is 10.6 Å². The van der Waals surface area contributed by atoms with Gasteiger partial charge in [-0.1, -0.05) is 72.8 Å². The molecule has 1 fully saturated rings. The Hall–Kier alpha value is -3.14. The number of ketones is 1. The monoisotopic (exact) mass is 358 g/mol. The molecule has 0 aromatic heterocycles. The Balaban J connectivity index is 1.87.